The lowest BCUT2D eigenvalue weighted by molar-refractivity contribution is -0.126. The maximum absolute atomic E-state index is 14.1. The van der Waals surface area contributed by atoms with Crippen LogP contribution in [0.2, 0.25) is 5.02 Å². The first kappa shape index (κ1) is 30.1. The molecule has 0 spiro atoms. The van der Waals surface area contributed by atoms with Crippen LogP contribution in [0.15, 0.2) is 41.7 Å². The van der Waals surface area contributed by atoms with Crippen LogP contribution < -0.4 is 15.5 Å². The Kier molecular flexibility index (Phi) is 8.92. The lowest BCUT2D eigenvalue weighted by Gasteiger charge is -2.40. The van der Waals surface area contributed by atoms with Gasteiger partial charge in [0.05, 0.1) is 16.1 Å². The predicted molar refractivity (Wildman–Crippen MR) is 172 cm³/mol. The zero-order chi connectivity index (χ0) is 30.1. The highest BCUT2D eigenvalue weighted by atomic mass is 35.5. The SMILES string of the molecule is C=CC(=O)N1CCN(c2nc(=O)n(-c3c(CC)cccc3CC)c3nc(N4CCC(CC(C)C)C4)c(Cl)cc23)C(C)C1. The van der Waals surface area contributed by atoms with E-state index in [0.717, 1.165) is 60.4 Å². The van der Waals surface area contributed by atoms with E-state index in [2.05, 4.69) is 62.3 Å². The number of amides is 1. The molecule has 2 atom stereocenters. The maximum Gasteiger partial charge on any atom is 0.355 e. The predicted octanol–water partition coefficient (Wildman–Crippen LogP) is 5.65. The lowest BCUT2D eigenvalue weighted by Crippen LogP contribution is -2.54. The van der Waals surface area contributed by atoms with Crippen molar-refractivity contribution in [2.45, 2.75) is 66.3 Å². The van der Waals surface area contributed by atoms with Crippen LogP contribution in [0.3, 0.4) is 0 Å². The van der Waals surface area contributed by atoms with Crippen LogP contribution in [0.1, 0.15) is 58.6 Å². The summed E-state index contributed by atoms with van der Waals surface area (Å²) in [5.74, 6) is 2.43. The second-order valence-corrected chi connectivity index (χ2v) is 12.5. The molecule has 3 aromatic rings. The average molecular weight is 591 g/mol. The van der Waals surface area contributed by atoms with Crippen LogP contribution in [0.5, 0.6) is 0 Å². The van der Waals surface area contributed by atoms with Gasteiger partial charge in [-0.2, -0.15) is 4.98 Å². The highest BCUT2D eigenvalue weighted by Crippen LogP contribution is 2.37. The number of hydrogen-bond acceptors (Lipinski definition) is 6. The fourth-order valence-electron chi connectivity index (χ4n) is 6.73. The maximum atomic E-state index is 14.1. The Morgan fingerprint density at radius 3 is 2.43 bits per heavy atom. The second kappa shape index (κ2) is 12.5. The lowest BCUT2D eigenvalue weighted by atomic mass is 9.97. The molecule has 4 heterocycles. The Labute approximate surface area is 254 Å². The zero-order valence-corrected chi connectivity index (χ0v) is 26.3. The minimum absolute atomic E-state index is 0.0587. The van der Waals surface area contributed by atoms with Crippen molar-refractivity contribution in [1.29, 1.82) is 0 Å². The van der Waals surface area contributed by atoms with Gasteiger partial charge >= 0.3 is 5.69 Å². The van der Waals surface area contributed by atoms with Gasteiger partial charge in [-0.25, -0.2) is 14.3 Å². The molecule has 0 radical (unpaired) electrons. The monoisotopic (exact) mass is 590 g/mol. The van der Waals surface area contributed by atoms with E-state index in [4.69, 9.17) is 21.6 Å². The number of aryl methyl sites for hydroxylation is 2. The van der Waals surface area contributed by atoms with Gasteiger partial charge in [0.2, 0.25) is 5.91 Å². The molecule has 2 aliphatic rings. The number of pyridine rings is 1. The number of nitrogens with zero attached hydrogens (tertiary/aromatic N) is 6. The van der Waals surface area contributed by atoms with Crippen LogP contribution in [-0.2, 0) is 17.6 Å². The van der Waals surface area contributed by atoms with E-state index in [1.165, 1.54) is 12.5 Å². The van der Waals surface area contributed by atoms with Gasteiger partial charge < -0.3 is 14.7 Å². The van der Waals surface area contributed by atoms with Crippen molar-refractivity contribution in [3.8, 4) is 5.69 Å². The molecule has 0 aliphatic carbocycles. The third kappa shape index (κ3) is 5.65. The first-order valence-electron chi connectivity index (χ1n) is 15.3. The van der Waals surface area contributed by atoms with Crippen molar-refractivity contribution in [2.75, 3.05) is 42.5 Å². The van der Waals surface area contributed by atoms with Crippen LogP contribution >= 0.6 is 11.6 Å². The molecule has 42 heavy (non-hydrogen) atoms. The average Bonchev–Trinajstić information content (AvgIpc) is 3.43. The van der Waals surface area contributed by atoms with Gasteiger partial charge in [0.25, 0.3) is 0 Å². The number of anilines is 2. The van der Waals surface area contributed by atoms with E-state index in [9.17, 15) is 9.59 Å². The number of aromatic nitrogens is 3. The van der Waals surface area contributed by atoms with E-state index in [-0.39, 0.29) is 17.6 Å². The second-order valence-electron chi connectivity index (χ2n) is 12.1. The molecule has 0 bridgehead atoms. The Balaban J connectivity index is 1.70. The minimum Gasteiger partial charge on any atom is -0.355 e. The summed E-state index contributed by atoms with van der Waals surface area (Å²) in [5.41, 5.74) is 3.24. The summed E-state index contributed by atoms with van der Waals surface area (Å²) >= 11 is 7.02. The smallest absolute Gasteiger partial charge is 0.355 e. The summed E-state index contributed by atoms with van der Waals surface area (Å²) in [6, 6.07) is 8.09. The number of hydrogen-bond donors (Lipinski definition) is 0. The van der Waals surface area contributed by atoms with E-state index in [1.807, 2.05) is 13.0 Å². The minimum atomic E-state index is -0.357. The van der Waals surface area contributed by atoms with Gasteiger partial charge in [0, 0.05) is 38.8 Å². The number of carbonyl (C=O) groups excluding carboxylic acids is 1. The van der Waals surface area contributed by atoms with Crippen molar-refractivity contribution in [2.24, 2.45) is 11.8 Å². The van der Waals surface area contributed by atoms with Gasteiger partial charge in [-0.15, -0.1) is 0 Å². The molecular formula is C33H43ClN6O2. The van der Waals surface area contributed by atoms with Crippen LogP contribution in [0, 0.1) is 11.8 Å². The van der Waals surface area contributed by atoms with Gasteiger partial charge in [0.15, 0.2) is 5.65 Å². The summed E-state index contributed by atoms with van der Waals surface area (Å²) in [6.45, 7) is 17.8. The van der Waals surface area contributed by atoms with Gasteiger partial charge in [0.1, 0.15) is 11.6 Å². The van der Waals surface area contributed by atoms with Crippen LogP contribution in [0.4, 0.5) is 11.6 Å². The van der Waals surface area contributed by atoms with Crippen molar-refractivity contribution in [1.82, 2.24) is 19.4 Å². The number of rotatable bonds is 8. The molecule has 2 saturated heterocycles. The molecule has 2 aromatic heterocycles. The highest BCUT2D eigenvalue weighted by Gasteiger charge is 2.31. The van der Waals surface area contributed by atoms with Crippen molar-refractivity contribution in [3.63, 3.8) is 0 Å². The normalized spacial score (nSPS) is 19.3. The molecule has 5 rings (SSSR count). The van der Waals surface area contributed by atoms with Crippen LogP contribution in [-0.4, -0.2) is 64.1 Å². The molecule has 1 aromatic carbocycles. The summed E-state index contributed by atoms with van der Waals surface area (Å²) in [4.78, 5) is 42.5. The van der Waals surface area contributed by atoms with E-state index in [1.54, 1.807) is 9.47 Å². The van der Waals surface area contributed by atoms with E-state index < -0.39 is 0 Å². The molecular weight excluding hydrogens is 548 g/mol. The van der Waals surface area contributed by atoms with Crippen molar-refractivity contribution < 1.29 is 4.79 Å². The van der Waals surface area contributed by atoms with Gasteiger partial charge in [-0.1, -0.05) is 64.1 Å². The van der Waals surface area contributed by atoms with E-state index in [0.29, 0.717) is 48.0 Å². The van der Waals surface area contributed by atoms with Gasteiger partial charge in [-0.3, -0.25) is 4.79 Å². The number of carbonyl (C=O) groups is 1. The fraction of sp³-hybridized carbons (Fsp3) is 0.515. The molecule has 2 fully saturated rings. The third-order valence-corrected chi connectivity index (χ3v) is 9.03. The largest absolute Gasteiger partial charge is 0.355 e. The first-order chi connectivity index (χ1) is 20.2. The summed E-state index contributed by atoms with van der Waals surface area (Å²) in [7, 11) is 0. The summed E-state index contributed by atoms with van der Waals surface area (Å²) in [6.07, 6.45) is 5.18. The zero-order valence-electron chi connectivity index (χ0n) is 25.6. The Hall–Kier alpha value is -3.39. The molecule has 0 N–H and O–H groups in total. The number of piperazine rings is 1. The molecule has 2 unspecified atom stereocenters. The number of benzene rings is 1. The van der Waals surface area contributed by atoms with Crippen molar-refractivity contribution >= 4 is 40.2 Å². The molecule has 224 valence electrons. The first-order valence-corrected chi connectivity index (χ1v) is 15.7. The number of halogens is 1. The Bertz CT molecular complexity index is 1530. The van der Waals surface area contributed by atoms with Crippen LogP contribution in [0.25, 0.3) is 16.7 Å². The summed E-state index contributed by atoms with van der Waals surface area (Å²) < 4.78 is 1.71. The Morgan fingerprint density at radius 1 is 1.10 bits per heavy atom. The molecule has 9 heteroatoms. The quantitative estimate of drug-likeness (QED) is 0.315. The third-order valence-electron chi connectivity index (χ3n) is 8.75. The standard InChI is InChI=1S/C33H43ClN6O2/c1-7-24-11-10-12-25(8-2)29(24)40-31-26(18-27(34)32(35-31)38-14-13-23(20-38)17-21(4)5)30(36-33(40)42)39-16-15-37(19-22(39)6)28(41)9-3/h9-12,18,21-23H,3,7-8,13-17,19-20H2,1-2,4-6H3. The number of para-hydroxylation sites is 1. The fourth-order valence-corrected chi connectivity index (χ4v) is 7.00. The molecule has 8 nitrogen and oxygen atoms in total. The topological polar surface area (TPSA) is 74.6 Å². The van der Waals surface area contributed by atoms with Gasteiger partial charge in [-0.05, 0) is 67.7 Å². The summed E-state index contributed by atoms with van der Waals surface area (Å²) in [5, 5.41) is 1.30. The molecule has 0 saturated carbocycles. The molecule has 1 amide bonds. The highest BCUT2D eigenvalue weighted by molar-refractivity contribution is 6.33. The Morgan fingerprint density at radius 2 is 1.81 bits per heavy atom. The van der Waals surface area contributed by atoms with Crippen molar-refractivity contribution in [3.05, 3.63) is 63.6 Å². The molecule has 2 aliphatic heterocycles. The number of fused-ring (bicyclic) bond motifs is 1. The van der Waals surface area contributed by atoms with E-state index >= 15 is 0 Å².